The molecule has 360 valence electrons. The van der Waals surface area contributed by atoms with Gasteiger partial charge in [0.1, 0.15) is 0 Å². The molecule has 0 saturated carbocycles. The van der Waals surface area contributed by atoms with Gasteiger partial charge in [0.15, 0.2) is 0 Å². The zero-order valence-corrected chi connectivity index (χ0v) is 42.7. The minimum atomic E-state index is 1.19. The highest BCUT2D eigenvalue weighted by Gasteiger charge is 2.22. The molecule has 0 aliphatic carbocycles. The molecule has 0 unspecified atom stereocenters. The Hall–Kier alpha value is -10.1. The first-order valence-corrected chi connectivity index (χ1v) is 27.1. The summed E-state index contributed by atoms with van der Waals surface area (Å²) >= 11 is 0. The first-order chi connectivity index (χ1) is 38.7. The monoisotopic (exact) mass is 984 g/mol. The minimum Gasteiger partial charge on any atom is -0.0616 e. The van der Waals surface area contributed by atoms with Gasteiger partial charge in [0.2, 0.25) is 0 Å². The average molecular weight is 985 g/mol. The number of benzene rings is 16. The summed E-state index contributed by atoms with van der Waals surface area (Å²) in [4.78, 5) is 0. The highest BCUT2D eigenvalue weighted by atomic mass is 14.2. The first-order valence-electron chi connectivity index (χ1n) is 27.1. The van der Waals surface area contributed by atoms with E-state index in [1.807, 2.05) is 0 Å². The van der Waals surface area contributed by atoms with E-state index in [-0.39, 0.29) is 0 Å². The zero-order chi connectivity index (χ0) is 51.3. The van der Waals surface area contributed by atoms with E-state index >= 15 is 0 Å². The van der Waals surface area contributed by atoms with E-state index in [1.165, 1.54) is 164 Å². The number of rotatable bonds is 6. The molecule has 0 saturated heterocycles. The fourth-order valence-corrected chi connectivity index (χ4v) is 13.3. The molecular weight excluding hydrogens is 937 g/mol. The Morgan fingerprint density at radius 2 is 0.346 bits per heavy atom. The third-order valence-corrected chi connectivity index (χ3v) is 16.8. The average Bonchev–Trinajstić information content (AvgIpc) is 3.67. The second-order valence-electron chi connectivity index (χ2n) is 21.0. The van der Waals surface area contributed by atoms with Gasteiger partial charge in [0, 0.05) is 0 Å². The lowest BCUT2D eigenvalue weighted by molar-refractivity contribution is 1.59. The van der Waals surface area contributed by atoms with Gasteiger partial charge in [0.25, 0.3) is 0 Å². The first kappa shape index (κ1) is 44.2. The molecule has 0 fully saturated rings. The molecule has 16 rings (SSSR count). The summed E-state index contributed by atoms with van der Waals surface area (Å²) in [6.45, 7) is 0. The molecule has 0 bridgehead atoms. The molecule has 0 aliphatic rings. The van der Waals surface area contributed by atoms with Gasteiger partial charge in [-0.05, 0) is 188 Å². The van der Waals surface area contributed by atoms with Gasteiger partial charge >= 0.3 is 0 Å². The van der Waals surface area contributed by atoms with Crippen molar-refractivity contribution in [3.05, 3.63) is 291 Å². The van der Waals surface area contributed by atoms with Crippen LogP contribution in [0.1, 0.15) is 0 Å². The van der Waals surface area contributed by atoms with Crippen LogP contribution in [0.3, 0.4) is 0 Å². The van der Waals surface area contributed by atoms with E-state index in [9.17, 15) is 0 Å². The molecule has 78 heavy (non-hydrogen) atoms. The molecule has 0 aliphatic heterocycles. The molecule has 0 atom stereocenters. The Morgan fingerprint density at radius 1 is 0.128 bits per heavy atom. The van der Waals surface area contributed by atoms with Crippen molar-refractivity contribution in [2.75, 3.05) is 0 Å². The third-order valence-electron chi connectivity index (χ3n) is 16.8. The Balaban J connectivity index is 0.830. The topological polar surface area (TPSA) is 0 Å². The number of hydrogen-bond donors (Lipinski definition) is 0. The molecule has 0 heterocycles. The fraction of sp³-hybridized carbons (Fsp3) is 0. The van der Waals surface area contributed by atoms with Crippen LogP contribution in [0.5, 0.6) is 0 Å². The maximum atomic E-state index is 2.41. The molecule has 16 aromatic carbocycles. The summed E-state index contributed by atoms with van der Waals surface area (Å²) in [5, 5.41) is 22.6. The van der Waals surface area contributed by atoms with Crippen molar-refractivity contribution in [2.24, 2.45) is 0 Å². The molecule has 0 nitrogen and oxygen atoms in total. The summed E-state index contributed by atoms with van der Waals surface area (Å²) in [6, 6.07) is 109. The van der Waals surface area contributed by atoms with Crippen molar-refractivity contribution in [2.45, 2.75) is 0 Å². The molecule has 0 N–H and O–H groups in total. The highest BCUT2D eigenvalue weighted by Crippen LogP contribution is 2.49. The molecule has 0 spiro atoms. The quantitative estimate of drug-likeness (QED) is 0.115. The SMILES string of the molecule is c1ccc2cc(-c3ccc(-c4c5ccccc5c(-c5cc6ccccc6c6ccccc56)c5ccccc45)cc3)c(-c3ccc(-c4c5ccccc5c(-c5cc6ccccc6c6ccccc56)c5ccccc45)cc3)cc2c1. The van der Waals surface area contributed by atoms with Gasteiger partial charge in [-0.1, -0.05) is 267 Å². The van der Waals surface area contributed by atoms with E-state index in [0.29, 0.717) is 0 Å². The maximum Gasteiger partial charge on any atom is -0.00199 e. The van der Waals surface area contributed by atoms with E-state index < -0.39 is 0 Å². The highest BCUT2D eigenvalue weighted by molar-refractivity contribution is 6.27. The van der Waals surface area contributed by atoms with Crippen LogP contribution < -0.4 is 0 Å². The van der Waals surface area contributed by atoms with Gasteiger partial charge in [0.05, 0.1) is 0 Å². The van der Waals surface area contributed by atoms with Crippen molar-refractivity contribution >= 4 is 97.0 Å². The summed E-state index contributed by atoms with van der Waals surface area (Å²) in [5.74, 6) is 0. The maximum absolute atomic E-state index is 2.41. The Labute approximate surface area is 452 Å². The standard InChI is InChI=1S/C78H48/c1-2-20-54-46-72(50-39-43-52(44-40-50)76-65-31-13-17-35-69(65)78(70-36-18-14-32-66(70)76)74-48-56-22-4-6-24-58(56)60-26-8-10-28-62(60)74)71(45-53(54)19-1)49-37-41-51(42-38-49)75-63-29-11-15-33-67(63)77(68-34-16-12-30-64(68)75)73-47-55-21-3-5-23-57(55)59-25-7-9-27-61(59)73/h1-48H. The van der Waals surface area contributed by atoms with Gasteiger partial charge in [-0.15, -0.1) is 0 Å². The molecule has 0 aromatic heterocycles. The second kappa shape index (κ2) is 17.7. The van der Waals surface area contributed by atoms with Crippen LogP contribution in [0.25, 0.3) is 164 Å². The lowest BCUT2D eigenvalue weighted by atomic mass is 9.83. The lowest BCUT2D eigenvalue weighted by Gasteiger charge is -2.20. The Bertz CT molecular complexity index is 4680. The molecule has 16 aromatic rings. The van der Waals surface area contributed by atoms with E-state index in [0.717, 1.165) is 0 Å². The van der Waals surface area contributed by atoms with Crippen molar-refractivity contribution in [3.63, 3.8) is 0 Å². The minimum absolute atomic E-state index is 1.19. The van der Waals surface area contributed by atoms with Crippen molar-refractivity contribution in [3.8, 4) is 66.8 Å². The second-order valence-corrected chi connectivity index (χ2v) is 21.0. The van der Waals surface area contributed by atoms with Gasteiger partial charge in [-0.3, -0.25) is 0 Å². The van der Waals surface area contributed by atoms with Crippen LogP contribution in [-0.2, 0) is 0 Å². The zero-order valence-electron chi connectivity index (χ0n) is 42.7. The van der Waals surface area contributed by atoms with Crippen LogP contribution >= 0.6 is 0 Å². The normalized spacial score (nSPS) is 11.8. The van der Waals surface area contributed by atoms with Crippen LogP contribution in [0.15, 0.2) is 291 Å². The molecule has 0 radical (unpaired) electrons. The molecule has 0 amide bonds. The van der Waals surface area contributed by atoms with Gasteiger partial charge < -0.3 is 0 Å². The van der Waals surface area contributed by atoms with E-state index in [1.54, 1.807) is 0 Å². The largest absolute Gasteiger partial charge is 0.0616 e. The molecular formula is C78H48. The predicted molar refractivity (Wildman–Crippen MR) is 337 cm³/mol. The Kier molecular flexibility index (Phi) is 10.0. The van der Waals surface area contributed by atoms with Crippen LogP contribution in [-0.4, -0.2) is 0 Å². The summed E-state index contributed by atoms with van der Waals surface area (Å²) in [5.41, 5.74) is 14.8. The predicted octanol–water partition coefficient (Wildman–Crippen LogP) is 22.1. The van der Waals surface area contributed by atoms with Crippen LogP contribution in [0.2, 0.25) is 0 Å². The number of hydrogen-bond acceptors (Lipinski definition) is 0. The molecule has 0 heteroatoms. The van der Waals surface area contributed by atoms with Crippen molar-refractivity contribution in [1.29, 1.82) is 0 Å². The van der Waals surface area contributed by atoms with Crippen molar-refractivity contribution in [1.82, 2.24) is 0 Å². The van der Waals surface area contributed by atoms with Crippen LogP contribution in [0, 0.1) is 0 Å². The smallest absolute Gasteiger partial charge is 0.00199 e. The van der Waals surface area contributed by atoms with Gasteiger partial charge in [-0.2, -0.15) is 0 Å². The van der Waals surface area contributed by atoms with E-state index in [4.69, 9.17) is 0 Å². The Morgan fingerprint density at radius 3 is 0.667 bits per heavy atom. The van der Waals surface area contributed by atoms with Crippen LogP contribution in [0.4, 0.5) is 0 Å². The lowest BCUT2D eigenvalue weighted by Crippen LogP contribution is -1.93. The van der Waals surface area contributed by atoms with Gasteiger partial charge in [-0.25, -0.2) is 0 Å². The summed E-state index contributed by atoms with van der Waals surface area (Å²) < 4.78 is 0. The van der Waals surface area contributed by atoms with Crippen molar-refractivity contribution < 1.29 is 0 Å². The van der Waals surface area contributed by atoms with E-state index in [2.05, 4.69) is 291 Å². The third kappa shape index (κ3) is 6.87. The summed E-state index contributed by atoms with van der Waals surface area (Å²) in [6.07, 6.45) is 0. The summed E-state index contributed by atoms with van der Waals surface area (Å²) in [7, 11) is 0. The number of fused-ring (bicyclic) bond motifs is 11. The fourth-order valence-electron chi connectivity index (χ4n) is 13.3.